The van der Waals surface area contributed by atoms with Crippen molar-refractivity contribution >= 4 is 143 Å². The number of benzene rings is 20. The van der Waals surface area contributed by atoms with E-state index in [0.717, 1.165) is 217 Å². The van der Waals surface area contributed by atoms with Crippen molar-refractivity contribution in [3.8, 4) is 89.0 Å². The summed E-state index contributed by atoms with van der Waals surface area (Å²) in [5.74, 6) is -1.38. The maximum atomic E-state index is 18.9. The summed E-state index contributed by atoms with van der Waals surface area (Å²) in [6.45, 7) is -0.891. The molecule has 0 N–H and O–H groups in total. The molecule has 0 aromatic heterocycles. The minimum absolute atomic E-state index is 0.196. The Morgan fingerprint density at radius 3 is 0.877 bits per heavy atom. The summed E-state index contributed by atoms with van der Waals surface area (Å²) in [7, 11) is 0. The molecule has 4 heterocycles. The summed E-state index contributed by atoms with van der Waals surface area (Å²) in [4.78, 5) is 14.2. The van der Waals surface area contributed by atoms with Crippen LogP contribution in [0.2, 0.25) is 0 Å². The molecule has 0 aliphatic carbocycles. The first-order valence-corrected chi connectivity index (χ1v) is 45.1. The Hall–Kier alpha value is -16.3. The lowest BCUT2D eigenvalue weighted by atomic mass is 9.31. The van der Waals surface area contributed by atoms with E-state index >= 15 is 8.78 Å². The summed E-state index contributed by atoms with van der Waals surface area (Å²) < 4.78 is 35.5. The number of anilines is 15. The number of para-hydroxylation sites is 8. The maximum absolute atomic E-state index is 18.9. The SMILES string of the molecule is Fc1ccc(N2c3cc4c(cc3B3c5ccccc5N(c5c(-c6ccccc6)cccc5-c5ccccc5)c5cc(N(c6ccccc6)c6c(-c7ccccc7)cccc6-c6ccccc6)cc2c53)B2c3ccccc3N(c3c(-c5ccccc5)cccc3-c3ccccc3)c3cc(N(c5ccccc5)c5c(-c6ccccc6)cccc5-c5ccccc5)cc(c32)S4)c(F)c1. The van der Waals surface area contributed by atoms with Crippen LogP contribution in [0.1, 0.15) is 0 Å². The van der Waals surface area contributed by atoms with Crippen LogP contribution in [-0.2, 0) is 0 Å². The smallest absolute Gasteiger partial charge is 0.252 e. The molecule has 0 spiro atoms. The van der Waals surface area contributed by atoms with Gasteiger partial charge in [0.15, 0.2) is 0 Å². The minimum Gasteiger partial charge on any atom is -0.310 e. The van der Waals surface area contributed by atoms with Crippen LogP contribution in [0, 0.1) is 11.6 Å². The van der Waals surface area contributed by atoms with Crippen molar-refractivity contribution in [1.29, 1.82) is 0 Å². The second kappa shape index (κ2) is 32.6. The third-order valence-corrected chi connectivity index (χ3v) is 27.3. The summed E-state index contributed by atoms with van der Waals surface area (Å²) in [6.07, 6.45) is 0. The van der Waals surface area contributed by atoms with Crippen molar-refractivity contribution in [1.82, 2.24) is 0 Å². The van der Waals surface area contributed by atoms with Crippen LogP contribution in [-0.4, -0.2) is 13.4 Å². The Morgan fingerprint density at radius 1 is 0.200 bits per heavy atom. The van der Waals surface area contributed by atoms with E-state index in [1.165, 1.54) is 6.07 Å². The Labute approximate surface area is 760 Å². The molecule has 0 saturated heterocycles. The lowest BCUT2D eigenvalue weighted by Gasteiger charge is -2.47. The average molecular weight is 1680 g/mol. The van der Waals surface area contributed by atoms with Gasteiger partial charge in [-0.1, -0.05) is 412 Å². The molecule has 10 heteroatoms. The molecule has 24 rings (SSSR count). The van der Waals surface area contributed by atoms with Crippen LogP contribution < -0.4 is 57.3 Å². The highest BCUT2D eigenvalue weighted by atomic mass is 32.2. The molecule has 4 aliphatic heterocycles. The van der Waals surface area contributed by atoms with Crippen LogP contribution in [0.25, 0.3) is 89.0 Å². The van der Waals surface area contributed by atoms with Crippen molar-refractivity contribution < 1.29 is 8.78 Å². The first kappa shape index (κ1) is 77.3. The molecule has 0 unspecified atom stereocenters. The zero-order valence-electron chi connectivity index (χ0n) is 70.7. The lowest BCUT2D eigenvalue weighted by molar-refractivity contribution is 0.584. The molecule has 0 saturated carbocycles. The summed E-state index contributed by atoms with van der Waals surface area (Å²) in [5, 5.41) is 0. The zero-order valence-corrected chi connectivity index (χ0v) is 71.5. The molecule has 610 valence electrons. The van der Waals surface area contributed by atoms with Gasteiger partial charge in [0, 0.05) is 112 Å². The van der Waals surface area contributed by atoms with Gasteiger partial charge in [-0.05, 0) is 151 Å². The van der Waals surface area contributed by atoms with E-state index < -0.39 is 18.3 Å². The summed E-state index contributed by atoms with van der Waals surface area (Å²) in [6, 6.07) is 171. The normalized spacial score (nSPS) is 12.4. The van der Waals surface area contributed by atoms with Crippen LogP contribution in [0.3, 0.4) is 0 Å². The molecule has 0 fully saturated rings. The topological polar surface area (TPSA) is 16.2 Å². The largest absolute Gasteiger partial charge is 0.310 e. The molecule has 0 amide bonds. The minimum atomic E-state index is -0.707. The van der Waals surface area contributed by atoms with Crippen molar-refractivity contribution in [2.24, 2.45) is 0 Å². The van der Waals surface area contributed by atoms with E-state index in [1.54, 1.807) is 17.8 Å². The first-order chi connectivity index (χ1) is 64.4. The number of halogens is 2. The highest BCUT2D eigenvalue weighted by Crippen LogP contribution is 2.58. The van der Waals surface area contributed by atoms with E-state index in [0.29, 0.717) is 0 Å². The van der Waals surface area contributed by atoms with Crippen LogP contribution in [0.4, 0.5) is 94.1 Å². The van der Waals surface area contributed by atoms with Crippen LogP contribution in [0.5, 0.6) is 0 Å². The van der Waals surface area contributed by atoms with E-state index in [-0.39, 0.29) is 12.4 Å². The van der Waals surface area contributed by atoms with Crippen molar-refractivity contribution in [2.45, 2.75) is 9.79 Å². The van der Waals surface area contributed by atoms with Gasteiger partial charge in [-0.25, -0.2) is 8.78 Å². The molecular formula is C120H79B2F2N5S. The fourth-order valence-corrected chi connectivity index (χ4v) is 21.9. The maximum Gasteiger partial charge on any atom is 0.252 e. The van der Waals surface area contributed by atoms with Crippen LogP contribution >= 0.6 is 11.8 Å². The standard InChI is InChI=1S/C120H79B2F2N5S/c123-88-71-72-108(105(124)73-88)127-109-79-113-104(122-102-68-32-34-70-107(102)129(120-99(86-51-23-7-24-52-86)65-38-66-100(120)87-53-25-8-26-54-87)112-76-92(77-114(130-113)116(112)122)126(90-57-29-10-30-58-90)118-95(82-43-15-3-16-44-82)61-36-62-96(118)83-45-17-4-18-46-83)78-103(109)121-101-67-31-33-69-106(101)128(119-97(84-47-19-5-20-48-84)63-37-64-98(119)85-49-21-6-22-50-85)111-75-91(74-110(127)115(111)121)125(89-55-27-9-28-56-89)117-93(80-39-11-1-12-40-80)59-35-60-94(117)81-41-13-2-14-42-81/h1-79H. The third-order valence-electron chi connectivity index (χ3n) is 26.2. The Morgan fingerprint density at radius 2 is 0.508 bits per heavy atom. The number of rotatable bonds is 17. The van der Waals surface area contributed by atoms with E-state index in [9.17, 15) is 0 Å². The predicted molar refractivity (Wildman–Crippen MR) is 543 cm³/mol. The van der Waals surface area contributed by atoms with Crippen molar-refractivity contribution in [3.05, 3.63) is 491 Å². The van der Waals surface area contributed by atoms with Gasteiger partial charge in [0.05, 0.1) is 34.1 Å². The molecular weight excluding hydrogens is 1600 g/mol. The molecule has 0 bridgehead atoms. The Kier molecular flexibility index (Phi) is 19.4. The van der Waals surface area contributed by atoms with Gasteiger partial charge >= 0.3 is 0 Å². The number of hydrogen-bond donors (Lipinski definition) is 0. The lowest BCUT2D eigenvalue weighted by Crippen LogP contribution is -2.64. The van der Waals surface area contributed by atoms with Gasteiger partial charge in [-0.3, -0.25) is 0 Å². The van der Waals surface area contributed by atoms with Gasteiger partial charge in [-0.15, -0.1) is 0 Å². The second-order valence-corrected chi connectivity index (χ2v) is 34.6. The molecule has 20 aromatic carbocycles. The molecule has 130 heavy (non-hydrogen) atoms. The number of hydrogen-bond acceptors (Lipinski definition) is 6. The Balaban J connectivity index is 0.825. The van der Waals surface area contributed by atoms with Gasteiger partial charge in [-0.2, -0.15) is 0 Å². The quantitative estimate of drug-likeness (QED) is 0.0839. The monoisotopic (exact) mass is 1680 g/mol. The Bertz CT molecular complexity index is 7510. The highest BCUT2D eigenvalue weighted by molar-refractivity contribution is 8.00. The molecule has 0 atom stereocenters. The average Bonchev–Trinajstić information content (AvgIpc) is 0.684. The molecule has 4 aliphatic rings. The second-order valence-electron chi connectivity index (χ2n) is 33.5. The van der Waals surface area contributed by atoms with Crippen molar-refractivity contribution in [2.75, 3.05) is 24.5 Å². The van der Waals surface area contributed by atoms with E-state index in [1.807, 2.05) is 0 Å². The number of fused-ring (bicyclic) bond motifs is 8. The zero-order chi connectivity index (χ0) is 86.3. The summed E-state index contributed by atoms with van der Waals surface area (Å²) in [5.41, 5.74) is 36.5. The third kappa shape index (κ3) is 13.2. The first-order valence-electron chi connectivity index (χ1n) is 44.3. The molecule has 5 nitrogen and oxygen atoms in total. The highest BCUT2D eigenvalue weighted by Gasteiger charge is 2.49. The number of nitrogens with zero attached hydrogens (tertiary/aromatic N) is 5. The fraction of sp³-hybridized carbons (Fsp3) is 0. The molecule has 20 aromatic rings. The van der Waals surface area contributed by atoms with E-state index in [4.69, 9.17) is 0 Å². The van der Waals surface area contributed by atoms with Gasteiger partial charge < -0.3 is 24.5 Å². The van der Waals surface area contributed by atoms with Crippen LogP contribution in [0.15, 0.2) is 489 Å². The fourth-order valence-electron chi connectivity index (χ4n) is 20.7. The van der Waals surface area contributed by atoms with Gasteiger partial charge in [0.25, 0.3) is 6.71 Å². The summed E-state index contributed by atoms with van der Waals surface area (Å²) >= 11 is 1.76. The molecule has 0 radical (unpaired) electrons. The van der Waals surface area contributed by atoms with Gasteiger partial charge in [0.1, 0.15) is 11.6 Å². The van der Waals surface area contributed by atoms with Crippen molar-refractivity contribution in [3.63, 3.8) is 0 Å². The predicted octanol–water partition coefficient (Wildman–Crippen LogP) is 29.1. The van der Waals surface area contributed by atoms with E-state index in [2.05, 4.69) is 486 Å². The van der Waals surface area contributed by atoms with Gasteiger partial charge in [0.2, 0.25) is 6.71 Å².